The van der Waals surface area contributed by atoms with Crippen molar-refractivity contribution in [2.24, 2.45) is 0 Å². The lowest BCUT2D eigenvalue weighted by atomic mass is 10.1. The lowest BCUT2D eigenvalue weighted by Crippen LogP contribution is -2.25. The molecule has 1 heterocycles. The highest BCUT2D eigenvalue weighted by Crippen LogP contribution is 2.17. The van der Waals surface area contributed by atoms with E-state index in [-0.39, 0.29) is 23.2 Å². The van der Waals surface area contributed by atoms with Crippen LogP contribution in [0.4, 0.5) is 5.69 Å². The molecular formula is C18H16N2O5. The highest BCUT2D eigenvalue weighted by molar-refractivity contribution is 5.94. The van der Waals surface area contributed by atoms with E-state index < -0.39 is 17.6 Å². The number of carbonyl (C=O) groups excluding carboxylic acids is 1. The molecule has 2 N–H and O–H groups in total. The van der Waals surface area contributed by atoms with Crippen LogP contribution in [0.2, 0.25) is 0 Å². The molecule has 3 aromatic rings. The van der Waals surface area contributed by atoms with Gasteiger partial charge in [0.2, 0.25) is 5.91 Å². The average molecular weight is 340 g/mol. The number of benzene rings is 2. The van der Waals surface area contributed by atoms with Gasteiger partial charge in [-0.05, 0) is 36.2 Å². The number of para-hydroxylation sites is 1. The first-order valence-corrected chi connectivity index (χ1v) is 7.74. The molecule has 1 amide bonds. The maximum Gasteiger partial charge on any atom is 0.420 e. The number of aromatic nitrogens is 1. The highest BCUT2D eigenvalue weighted by atomic mass is 16.4. The summed E-state index contributed by atoms with van der Waals surface area (Å²) in [7, 11) is 0. The molecule has 128 valence electrons. The maximum atomic E-state index is 12.3. The minimum Gasteiger partial charge on any atom is -0.478 e. The van der Waals surface area contributed by atoms with E-state index in [0.717, 1.165) is 16.6 Å². The quantitative estimate of drug-likeness (QED) is 0.743. The summed E-state index contributed by atoms with van der Waals surface area (Å²) < 4.78 is 6.18. The van der Waals surface area contributed by atoms with Gasteiger partial charge in [0, 0.05) is 5.69 Å². The molecule has 0 saturated heterocycles. The number of fused-ring (bicyclic) bond motifs is 1. The van der Waals surface area contributed by atoms with Crippen molar-refractivity contribution >= 4 is 28.7 Å². The minimum atomic E-state index is -1.12. The number of hydrogen-bond acceptors (Lipinski definition) is 4. The Labute approximate surface area is 142 Å². The summed E-state index contributed by atoms with van der Waals surface area (Å²) in [5.74, 6) is -2.23. The van der Waals surface area contributed by atoms with Crippen LogP contribution in [0.25, 0.3) is 11.1 Å². The number of carboxylic acid groups (broad SMARTS) is 1. The summed E-state index contributed by atoms with van der Waals surface area (Å²) in [6.45, 7) is 1.71. The molecule has 0 saturated carbocycles. The zero-order valence-electron chi connectivity index (χ0n) is 13.5. The first kappa shape index (κ1) is 16.5. The predicted molar refractivity (Wildman–Crippen MR) is 91.9 cm³/mol. The maximum absolute atomic E-state index is 12.3. The van der Waals surface area contributed by atoms with E-state index in [0.29, 0.717) is 5.69 Å². The number of oxazole rings is 1. The van der Waals surface area contributed by atoms with Gasteiger partial charge in [-0.1, -0.05) is 25.1 Å². The zero-order chi connectivity index (χ0) is 18.0. The van der Waals surface area contributed by atoms with Crippen LogP contribution in [0, 0.1) is 0 Å². The highest BCUT2D eigenvalue weighted by Gasteiger charge is 2.15. The van der Waals surface area contributed by atoms with Gasteiger partial charge in [-0.25, -0.2) is 9.59 Å². The van der Waals surface area contributed by atoms with Gasteiger partial charge < -0.3 is 14.8 Å². The van der Waals surface area contributed by atoms with E-state index in [9.17, 15) is 14.4 Å². The Kier molecular flexibility index (Phi) is 4.38. The fraction of sp³-hybridized carbons (Fsp3) is 0.167. The molecule has 7 heteroatoms. The van der Waals surface area contributed by atoms with Gasteiger partial charge in [0.1, 0.15) is 6.54 Å². The number of hydrogen-bond donors (Lipinski definition) is 2. The van der Waals surface area contributed by atoms with Crippen molar-refractivity contribution in [1.29, 1.82) is 0 Å². The average Bonchev–Trinajstić information content (AvgIpc) is 2.90. The van der Waals surface area contributed by atoms with Crippen molar-refractivity contribution in [1.82, 2.24) is 4.57 Å². The smallest absolute Gasteiger partial charge is 0.420 e. The molecule has 0 bridgehead atoms. The van der Waals surface area contributed by atoms with Crippen molar-refractivity contribution in [3.63, 3.8) is 0 Å². The number of carbonyl (C=O) groups is 2. The fourth-order valence-corrected chi connectivity index (χ4v) is 2.63. The number of aromatic carboxylic acids is 1. The van der Waals surface area contributed by atoms with Gasteiger partial charge in [0.15, 0.2) is 5.58 Å². The van der Waals surface area contributed by atoms with E-state index >= 15 is 0 Å². The van der Waals surface area contributed by atoms with Crippen LogP contribution < -0.4 is 11.1 Å². The summed E-state index contributed by atoms with van der Waals surface area (Å²) in [6, 6.07) is 11.5. The van der Waals surface area contributed by atoms with Gasteiger partial charge in [-0.3, -0.25) is 9.36 Å². The monoisotopic (exact) mass is 340 g/mol. The third-order valence-electron chi connectivity index (χ3n) is 3.89. The zero-order valence-corrected chi connectivity index (χ0v) is 13.5. The van der Waals surface area contributed by atoms with Crippen LogP contribution in [0.1, 0.15) is 22.8 Å². The number of aryl methyl sites for hydroxylation is 1. The molecule has 3 rings (SSSR count). The Balaban J connectivity index is 1.90. The van der Waals surface area contributed by atoms with Gasteiger partial charge >= 0.3 is 11.7 Å². The summed E-state index contributed by atoms with van der Waals surface area (Å²) in [5.41, 5.74) is 2.18. The second kappa shape index (κ2) is 6.64. The number of carboxylic acids is 1. The molecule has 0 aliphatic rings. The van der Waals surface area contributed by atoms with Crippen molar-refractivity contribution in [2.45, 2.75) is 19.9 Å². The molecule has 25 heavy (non-hydrogen) atoms. The summed E-state index contributed by atoms with van der Waals surface area (Å²) in [6.07, 6.45) is 0.757. The number of nitrogens with one attached hydrogen (secondary N) is 1. The SMILES string of the molecule is CCc1ccccc1NC(=O)Cn1c(=O)oc2ccc(C(=O)O)cc21. The Morgan fingerprint density at radius 2 is 1.96 bits per heavy atom. The third-order valence-corrected chi connectivity index (χ3v) is 3.89. The third kappa shape index (κ3) is 3.30. The molecule has 2 aromatic carbocycles. The van der Waals surface area contributed by atoms with Gasteiger partial charge in [-0.2, -0.15) is 0 Å². The number of anilines is 1. The van der Waals surface area contributed by atoms with Crippen LogP contribution in [0.3, 0.4) is 0 Å². The molecule has 0 spiro atoms. The first-order valence-electron chi connectivity index (χ1n) is 7.74. The van der Waals surface area contributed by atoms with Crippen molar-refractivity contribution in [3.05, 3.63) is 64.1 Å². The van der Waals surface area contributed by atoms with Crippen LogP contribution in [0.5, 0.6) is 0 Å². The second-order valence-corrected chi connectivity index (χ2v) is 5.50. The fourth-order valence-electron chi connectivity index (χ4n) is 2.63. The Morgan fingerprint density at radius 3 is 2.68 bits per heavy atom. The molecular weight excluding hydrogens is 324 g/mol. The van der Waals surface area contributed by atoms with Crippen LogP contribution in [0.15, 0.2) is 51.7 Å². The minimum absolute atomic E-state index is 0.0128. The number of nitrogens with zero attached hydrogens (tertiary/aromatic N) is 1. The Hall–Kier alpha value is -3.35. The van der Waals surface area contributed by atoms with Crippen LogP contribution in [-0.2, 0) is 17.8 Å². The van der Waals surface area contributed by atoms with E-state index in [4.69, 9.17) is 9.52 Å². The van der Waals surface area contributed by atoms with Crippen LogP contribution in [-0.4, -0.2) is 21.6 Å². The second-order valence-electron chi connectivity index (χ2n) is 5.50. The van der Waals surface area contributed by atoms with E-state index in [2.05, 4.69) is 5.32 Å². The summed E-state index contributed by atoms with van der Waals surface area (Å²) in [4.78, 5) is 35.4. The summed E-state index contributed by atoms with van der Waals surface area (Å²) >= 11 is 0. The molecule has 0 radical (unpaired) electrons. The molecule has 0 aliphatic heterocycles. The first-order chi connectivity index (χ1) is 12.0. The standard InChI is InChI=1S/C18H16N2O5/c1-2-11-5-3-4-6-13(11)19-16(21)10-20-14-9-12(17(22)23)7-8-15(14)25-18(20)24/h3-9H,2,10H2,1H3,(H,19,21)(H,22,23). The largest absolute Gasteiger partial charge is 0.478 e. The molecule has 0 fully saturated rings. The van der Waals surface area contributed by atoms with Gasteiger partial charge in [0.25, 0.3) is 0 Å². The predicted octanol–water partition coefficient (Wildman–Crippen LogP) is 2.49. The molecule has 0 unspecified atom stereocenters. The van der Waals surface area contributed by atoms with Crippen LogP contribution >= 0.6 is 0 Å². The van der Waals surface area contributed by atoms with Crippen molar-refractivity contribution in [3.8, 4) is 0 Å². The van der Waals surface area contributed by atoms with Crippen molar-refractivity contribution in [2.75, 3.05) is 5.32 Å². The topological polar surface area (TPSA) is 102 Å². The number of rotatable bonds is 5. The molecule has 7 nitrogen and oxygen atoms in total. The van der Waals surface area contributed by atoms with E-state index in [1.165, 1.54) is 18.2 Å². The van der Waals surface area contributed by atoms with E-state index in [1.807, 2.05) is 25.1 Å². The van der Waals surface area contributed by atoms with E-state index in [1.54, 1.807) is 6.07 Å². The molecule has 0 atom stereocenters. The number of amides is 1. The Bertz CT molecular complexity index is 1020. The van der Waals surface area contributed by atoms with Gasteiger partial charge in [-0.15, -0.1) is 0 Å². The lowest BCUT2D eigenvalue weighted by Gasteiger charge is -2.09. The van der Waals surface area contributed by atoms with Crippen molar-refractivity contribution < 1.29 is 19.1 Å². The summed E-state index contributed by atoms with van der Waals surface area (Å²) in [5, 5.41) is 11.9. The molecule has 0 aliphatic carbocycles. The Morgan fingerprint density at radius 1 is 1.20 bits per heavy atom. The van der Waals surface area contributed by atoms with Gasteiger partial charge in [0.05, 0.1) is 11.1 Å². The molecule has 1 aromatic heterocycles. The normalized spacial score (nSPS) is 10.8. The lowest BCUT2D eigenvalue weighted by molar-refractivity contribution is -0.116.